The van der Waals surface area contributed by atoms with Gasteiger partial charge in [-0.15, -0.1) is 13.0 Å². The highest BCUT2D eigenvalue weighted by Gasteiger charge is 2.10. The Labute approximate surface area is 98.7 Å². The van der Waals surface area contributed by atoms with E-state index in [9.17, 15) is 4.79 Å². The summed E-state index contributed by atoms with van der Waals surface area (Å²) in [5.74, 6) is 2.90. The summed E-state index contributed by atoms with van der Waals surface area (Å²) in [6.45, 7) is 8.98. The second-order valence-electron chi connectivity index (χ2n) is 3.98. The minimum absolute atomic E-state index is 0.00553. The largest absolute Gasteiger partial charge is 0.345 e. The molecular formula is C13H22N2O. The fourth-order valence-corrected chi connectivity index (χ4v) is 1.32. The Morgan fingerprint density at radius 3 is 2.81 bits per heavy atom. The Morgan fingerprint density at radius 2 is 2.25 bits per heavy atom. The Hall–Kier alpha value is -1.27. The van der Waals surface area contributed by atoms with Crippen molar-refractivity contribution in [3.63, 3.8) is 0 Å². The third-order valence-corrected chi connectivity index (χ3v) is 2.60. The number of rotatable bonds is 8. The third-order valence-electron chi connectivity index (χ3n) is 2.60. The van der Waals surface area contributed by atoms with E-state index in [1.54, 1.807) is 0 Å². The summed E-state index contributed by atoms with van der Waals surface area (Å²) < 4.78 is 0. The molecule has 0 heterocycles. The van der Waals surface area contributed by atoms with Gasteiger partial charge < -0.3 is 10.6 Å². The average molecular weight is 222 g/mol. The Bertz CT molecular complexity index is 255. The number of hydrogen-bond acceptors (Lipinski definition) is 2. The monoisotopic (exact) mass is 222 g/mol. The minimum atomic E-state index is -0.00553. The van der Waals surface area contributed by atoms with Crippen LogP contribution in [0.1, 0.15) is 26.7 Å². The molecule has 0 saturated heterocycles. The van der Waals surface area contributed by atoms with Crippen LogP contribution in [-0.2, 0) is 4.79 Å². The number of allylic oxidation sites excluding steroid dienone is 1. The van der Waals surface area contributed by atoms with E-state index in [1.165, 1.54) is 0 Å². The second-order valence-corrected chi connectivity index (χ2v) is 3.98. The minimum Gasteiger partial charge on any atom is -0.345 e. The van der Waals surface area contributed by atoms with Crippen LogP contribution < -0.4 is 10.6 Å². The highest BCUT2D eigenvalue weighted by molar-refractivity contribution is 5.76. The summed E-state index contributed by atoms with van der Waals surface area (Å²) in [6, 6.07) is 0.387. The molecule has 0 fully saturated rings. The van der Waals surface area contributed by atoms with Gasteiger partial charge in [-0.2, -0.15) is 0 Å². The summed E-state index contributed by atoms with van der Waals surface area (Å²) in [7, 11) is 0. The van der Waals surface area contributed by atoms with Gasteiger partial charge in [-0.05, 0) is 19.3 Å². The molecule has 3 nitrogen and oxygen atoms in total. The first-order valence-electron chi connectivity index (χ1n) is 5.66. The number of carbonyl (C=O) groups excluding carboxylic acids is 1. The molecule has 2 N–H and O–H groups in total. The normalized spacial score (nSPS) is 13.6. The first-order chi connectivity index (χ1) is 7.61. The molecule has 0 radical (unpaired) electrons. The molecule has 1 amide bonds. The van der Waals surface area contributed by atoms with Crippen molar-refractivity contribution < 1.29 is 4.79 Å². The van der Waals surface area contributed by atoms with Gasteiger partial charge in [0.25, 0.3) is 0 Å². The molecule has 0 rings (SSSR count). The van der Waals surface area contributed by atoms with Crippen LogP contribution in [-0.4, -0.2) is 25.0 Å². The fraction of sp³-hybridized carbons (Fsp3) is 0.615. The van der Waals surface area contributed by atoms with Crippen LogP contribution in [0.2, 0.25) is 0 Å². The number of terminal acetylenes is 1. The SMILES string of the molecule is C#CCNC(=O)CCNC(C)C(C)CC=C. The molecular weight excluding hydrogens is 200 g/mol. The van der Waals surface area contributed by atoms with Gasteiger partial charge in [0.1, 0.15) is 0 Å². The molecule has 0 bridgehead atoms. The predicted octanol–water partition coefficient (Wildman–Crippen LogP) is 1.32. The molecule has 0 aromatic rings. The van der Waals surface area contributed by atoms with Gasteiger partial charge in [0, 0.05) is 19.0 Å². The highest BCUT2D eigenvalue weighted by atomic mass is 16.1. The molecule has 0 aliphatic rings. The molecule has 2 atom stereocenters. The quantitative estimate of drug-likeness (QED) is 0.480. The van der Waals surface area contributed by atoms with E-state index in [2.05, 4.69) is 37.0 Å². The maximum Gasteiger partial charge on any atom is 0.222 e. The first-order valence-corrected chi connectivity index (χ1v) is 5.66. The lowest BCUT2D eigenvalue weighted by molar-refractivity contribution is -0.120. The molecule has 0 saturated carbocycles. The molecule has 0 spiro atoms. The van der Waals surface area contributed by atoms with Crippen LogP contribution in [0, 0.1) is 18.3 Å². The van der Waals surface area contributed by atoms with E-state index >= 15 is 0 Å². The van der Waals surface area contributed by atoms with E-state index < -0.39 is 0 Å². The van der Waals surface area contributed by atoms with Gasteiger partial charge in [-0.25, -0.2) is 0 Å². The molecule has 0 aliphatic heterocycles. The van der Waals surface area contributed by atoms with Crippen LogP contribution in [0.5, 0.6) is 0 Å². The average Bonchev–Trinajstić information content (AvgIpc) is 2.26. The molecule has 3 heteroatoms. The van der Waals surface area contributed by atoms with Gasteiger partial charge in [0.2, 0.25) is 5.91 Å². The van der Waals surface area contributed by atoms with Gasteiger partial charge in [0.15, 0.2) is 0 Å². The van der Waals surface area contributed by atoms with E-state index in [0.29, 0.717) is 31.5 Å². The molecule has 16 heavy (non-hydrogen) atoms. The van der Waals surface area contributed by atoms with Crippen LogP contribution in [0.4, 0.5) is 0 Å². The smallest absolute Gasteiger partial charge is 0.222 e. The van der Waals surface area contributed by atoms with Crippen molar-refractivity contribution in [1.29, 1.82) is 0 Å². The van der Waals surface area contributed by atoms with E-state index in [4.69, 9.17) is 6.42 Å². The van der Waals surface area contributed by atoms with Crippen LogP contribution in [0.3, 0.4) is 0 Å². The molecule has 2 unspecified atom stereocenters. The number of amides is 1. The predicted molar refractivity (Wildman–Crippen MR) is 67.9 cm³/mol. The first kappa shape index (κ1) is 14.7. The van der Waals surface area contributed by atoms with Gasteiger partial charge in [0.05, 0.1) is 6.54 Å². The van der Waals surface area contributed by atoms with Crippen molar-refractivity contribution >= 4 is 5.91 Å². The van der Waals surface area contributed by atoms with Crippen molar-refractivity contribution in [3.8, 4) is 12.3 Å². The standard InChI is InChI=1S/C13H22N2O/c1-5-7-11(3)12(4)14-10-8-13(16)15-9-6-2/h2,5,11-12,14H,1,7-10H2,3-4H3,(H,15,16). The zero-order valence-corrected chi connectivity index (χ0v) is 10.3. The van der Waals surface area contributed by atoms with Crippen LogP contribution >= 0.6 is 0 Å². The van der Waals surface area contributed by atoms with Gasteiger partial charge in [-0.1, -0.05) is 18.9 Å². The number of nitrogens with one attached hydrogen (secondary N) is 2. The molecule has 0 aliphatic carbocycles. The maximum absolute atomic E-state index is 11.2. The van der Waals surface area contributed by atoms with Crippen molar-refractivity contribution in [1.82, 2.24) is 10.6 Å². The van der Waals surface area contributed by atoms with E-state index in [0.717, 1.165) is 6.42 Å². The highest BCUT2D eigenvalue weighted by Crippen LogP contribution is 2.07. The topological polar surface area (TPSA) is 41.1 Å². The lowest BCUT2D eigenvalue weighted by atomic mass is 10.00. The fourth-order valence-electron chi connectivity index (χ4n) is 1.32. The van der Waals surface area contributed by atoms with Crippen LogP contribution in [0.25, 0.3) is 0 Å². The van der Waals surface area contributed by atoms with Gasteiger partial charge in [-0.3, -0.25) is 4.79 Å². The molecule has 0 aromatic heterocycles. The van der Waals surface area contributed by atoms with Crippen LogP contribution in [0.15, 0.2) is 12.7 Å². The molecule has 0 aromatic carbocycles. The summed E-state index contributed by atoms with van der Waals surface area (Å²) >= 11 is 0. The molecule has 90 valence electrons. The summed E-state index contributed by atoms with van der Waals surface area (Å²) in [5.41, 5.74) is 0. The maximum atomic E-state index is 11.2. The second kappa shape index (κ2) is 8.99. The third kappa shape index (κ3) is 7.08. The van der Waals surface area contributed by atoms with E-state index in [1.807, 2.05) is 6.08 Å². The summed E-state index contributed by atoms with van der Waals surface area (Å²) in [6.07, 6.45) is 8.40. The lowest BCUT2D eigenvalue weighted by Gasteiger charge is -2.19. The van der Waals surface area contributed by atoms with Crippen molar-refractivity contribution in [2.24, 2.45) is 5.92 Å². The number of hydrogen-bond donors (Lipinski definition) is 2. The van der Waals surface area contributed by atoms with Gasteiger partial charge >= 0.3 is 0 Å². The summed E-state index contributed by atoms with van der Waals surface area (Å²) in [5, 5.41) is 5.94. The summed E-state index contributed by atoms with van der Waals surface area (Å²) in [4.78, 5) is 11.2. The Kier molecular flexibility index (Phi) is 8.28. The zero-order chi connectivity index (χ0) is 12.4. The Balaban J connectivity index is 3.61. The van der Waals surface area contributed by atoms with E-state index in [-0.39, 0.29) is 5.91 Å². The van der Waals surface area contributed by atoms with Crippen molar-refractivity contribution in [3.05, 3.63) is 12.7 Å². The Morgan fingerprint density at radius 1 is 1.56 bits per heavy atom. The van der Waals surface area contributed by atoms with Crippen molar-refractivity contribution in [2.45, 2.75) is 32.7 Å². The van der Waals surface area contributed by atoms with Crippen molar-refractivity contribution in [2.75, 3.05) is 13.1 Å². The number of carbonyl (C=O) groups is 1. The zero-order valence-electron chi connectivity index (χ0n) is 10.3. The lowest BCUT2D eigenvalue weighted by Crippen LogP contribution is -2.35.